The van der Waals surface area contributed by atoms with Crippen molar-refractivity contribution in [2.24, 2.45) is 0 Å². The maximum atomic E-state index is 12.4. The molecule has 0 spiro atoms. The zero-order valence-corrected chi connectivity index (χ0v) is 12.7. The first-order valence-electron chi connectivity index (χ1n) is 6.80. The Morgan fingerprint density at radius 2 is 2.05 bits per heavy atom. The summed E-state index contributed by atoms with van der Waals surface area (Å²) in [4.78, 5) is 12.4. The van der Waals surface area contributed by atoms with E-state index in [9.17, 15) is 4.79 Å². The zero-order valence-electron chi connectivity index (χ0n) is 11.1. The van der Waals surface area contributed by atoms with Crippen LogP contribution < -0.4 is 5.32 Å². The van der Waals surface area contributed by atoms with Crippen molar-refractivity contribution in [2.45, 2.75) is 25.3 Å². The summed E-state index contributed by atoms with van der Waals surface area (Å²) >= 11 is 3.44. The van der Waals surface area contributed by atoms with Crippen LogP contribution in [0.2, 0.25) is 0 Å². The summed E-state index contributed by atoms with van der Waals surface area (Å²) in [6, 6.07) is 7.69. The molecule has 1 aromatic heterocycles. The van der Waals surface area contributed by atoms with Crippen LogP contribution in [0.15, 0.2) is 40.0 Å². The number of aromatic nitrogens is 4. The van der Waals surface area contributed by atoms with Gasteiger partial charge >= 0.3 is 0 Å². The van der Waals surface area contributed by atoms with Crippen LogP contribution in [-0.4, -0.2) is 26.0 Å². The number of allylic oxidation sites excluding steroid dienone is 2. The van der Waals surface area contributed by atoms with Crippen LogP contribution in [0.4, 0.5) is 5.95 Å². The van der Waals surface area contributed by atoms with E-state index in [2.05, 4.69) is 36.8 Å². The molecule has 2 aromatic rings. The second-order valence-electron chi connectivity index (χ2n) is 5.20. The zero-order chi connectivity index (χ0) is 14.4. The van der Waals surface area contributed by atoms with Crippen LogP contribution >= 0.6 is 15.9 Å². The van der Waals surface area contributed by atoms with Gasteiger partial charge in [0.1, 0.15) is 6.04 Å². The maximum absolute atomic E-state index is 12.4. The third kappa shape index (κ3) is 1.99. The van der Waals surface area contributed by atoms with E-state index in [-0.39, 0.29) is 11.8 Å². The molecule has 0 saturated carbocycles. The Morgan fingerprint density at radius 3 is 2.86 bits per heavy atom. The molecule has 1 aliphatic heterocycles. The molecule has 0 saturated heterocycles. The monoisotopic (exact) mass is 345 g/mol. The number of anilines is 1. The van der Waals surface area contributed by atoms with Gasteiger partial charge in [-0.3, -0.25) is 4.79 Å². The van der Waals surface area contributed by atoms with Crippen molar-refractivity contribution < 1.29 is 4.79 Å². The second-order valence-corrected chi connectivity index (χ2v) is 6.11. The minimum absolute atomic E-state index is 0.179. The molecule has 0 unspecified atom stereocenters. The molecule has 4 rings (SSSR count). The van der Waals surface area contributed by atoms with Gasteiger partial charge in [0.15, 0.2) is 5.78 Å². The first-order valence-corrected chi connectivity index (χ1v) is 7.60. The first kappa shape index (κ1) is 12.7. The van der Waals surface area contributed by atoms with Crippen LogP contribution in [0, 0.1) is 0 Å². The number of fused-ring (bicyclic) bond motifs is 1. The summed E-state index contributed by atoms with van der Waals surface area (Å²) in [5, 5.41) is 15.0. The molecular weight excluding hydrogens is 334 g/mol. The second kappa shape index (κ2) is 4.77. The van der Waals surface area contributed by atoms with E-state index in [1.165, 1.54) is 0 Å². The summed E-state index contributed by atoms with van der Waals surface area (Å²) in [5.74, 6) is 0.772. The van der Waals surface area contributed by atoms with E-state index in [4.69, 9.17) is 0 Å². The summed E-state index contributed by atoms with van der Waals surface area (Å²) in [6.45, 7) is 0. The van der Waals surface area contributed by atoms with Gasteiger partial charge in [-0.1, -0.05) is 33.2 Å². The van der Waals surface area contributed by atoms with Gasteiger partial charge < -0.3 is 5.32 Å². The molecular formula is C14H12BrN5O. The summed E-state index contributed by atoms with van der Waals surface area (Å²) < 4.78 is 2.69. The molecule has 1 aliphatic carbocycles. The van der Waals surface area contributed by atoms with E-state index in [1.54, 1.807) is 4.68 Å². The Labute approximate surface area is 129 Å². The van der Waals surface area contributed by atoms with Crippen LogP contribution in [0.3, 0.4) is 0 Å². The normalized spacial score (nSPS) is 20.8. The molecule has 21 heavy (non-hydrogen) atoms. The number of halogens is 1. The Kier molecular flexibility index (Phi) is 2.88. The molecule has 0 amide bonds. The molecule has 6 nitrogen and oxygen atoms in total. The van der Waals surface area contributed by atoms with Crippen LogP contribution in [0.1, 0.15) is 30.9 Å². The van der Waals surface area contributed by atoms with Gasteiger partial charge in [0, 0.05) is 22.2 Å². The average Bonchev–Trinajstić information content (AvgIpc) is 2.94. The summed E-state index contributed by atoms with van der Waals surface area (Å²) in [7, 11) is 0. The average molecular weight is 346 g/mol. The quantitative estimate of drug-likeness (QED) is 0.859. The van der Waals surface area contributed by atoms with Crippen LogP contribution in [0.5, 0.6) is 0 Å². The van der Waals surface area contributed by atoms with E-state index in [0.29, 0.717) is 12.4 Å². The number of carbonyl (C=O) groups excluding carboxylic acids is 1. The lowest BCUT2D eigenvalue weighted by Crippen LogP contribution is -2.31. The number of Topliss-reactive ketones (excluding diaryl/α,β-unsaturated/α-hetero) is 1. The number of rotatable bonds is 1. The molecule has 106 valence electrons. The number of ketones is 1. The molecule has 1 aromatic carbocycles. The van der Waals surface area contributed by atoms with Gasteiger partial charge in [0.25, 0.3) is 0 Å². The number of hydrogen-bond acceptors (Lipinski definition) is 5. The summed E-state index contributed by atoms with van der Waals surface area (Å²) in [6.07, 6.45) is 2.32. The van der Waals surface area contributed by atoms with Crippen molar-refractivity contribution in [1.29, 1.82) is 0 Å². The number of benzene rings is 1. The molecule has 2 aliphatic rings. The molecule has 1 atom stereocenters. The van der Waals surface area contributed by atoms with Crippen LogP contribution in [-0.2, 0) is 4.79 Å². The third-order valence-corrected chi connectivity index (χ3v) is 4.44. The van der Waals surface area contributed by atoms with Crippen molar-refractivity contribution in [3.05, 3.63) is 45.6 Å². The van der Waals surface area contributed by atoms with Gasteiger partial charge in [0.05, 0.1) is 0 Å². The molecule has 0 bridgehead atoms. The van der Waals surface area contributed by atoms with Gasteiger partial charge in [0.2, 0.25) is 5.95 Å². The fraction of sp³-hybridized carbons (Fsp3) is 0.286. The summed E-state index contributed by atoms with van der Waals surface area (Å²) in [5.41, 5.74) is 2.76. The maximum Gasteiger partial charge on any atom is 0.248 e. The van der Waals surface area contributed by atoms with Gasteiger partial charge in [-0.25, -0.2) is 0 Å². The standard InChI is InChI=1S/C14H12BrN5O/c15-9-6-4-8(5-7-9)13-12-10(2-1-3-11(12)21)16-14-17-18-19-20(13)14/h4-7,13H,1-3H2,(H,16,17,19)/t13-/m1/s1. The van der Waals surface area contributed by atoms with Crippen molar-refractivity contribution >= 4 is 27.7 Å². The lowest BCUT2D eigenvalue weighted by atomic mass is 9.85. The topological polar surface area (TPSA) is 72.7 Å². The van der Waals surface area contributed by atoms with Crippen molar-refractivity contribution in [2.75, 3.05) is 5.32 Å². The Bertz CT molecular complexity index is 749. The van der Waals surface area contributed by atoms with E-state index >= 15 is 0 Å². The minimum atomic E-state index is -0.243. The van der Waals surface area contributed by atoms with Gasteiger partial charge in [-0.05, 0) is 41.0 Å². The van der Waals surface area contributed by atoms with Crippen molar-refractivity contribution in [1.82, 2.24) is 20.2 Å². The fourth-order valence-corrected chi connectivity index (χ4v) is 3.24. The third-order valence-electron chi connectivity index (χ3n) is 3.92. The predicted molar refractivity (Wildman–Crippen MR) is 79.6 cm³/mol. The highest BCUT2D eigenvalue weighted by molar-refractivity contribution is 9.10. The van der Waals surface area contributed by atoms with Crippen LogP contribution in [0.25, 0.3) is 0 Å². The van der Waals surface area contributed by atoms with E-state index in [0.717, 1.165) is 34.1 Å². The minimum Gasteiger partial charge on any atom is -0.326 e. The number of carbonyl (C=O) groups is 1. The Hall–Kier alpha value is -2.02. The molecule has 7 heteroatoms. The predicted octanol–water partition coefficient (Wildman–Crippen LogP) is 2.46. The molecule has 0 radical (unpaired) electrons. The van der Waals surface area contributed by atoms with Gasteiger partial charge in [-0.15, -0.1) is 0 Å². The highest BCUT2D eigenvalue weighted by Crippen LogP contribution is 2.39. The molecule has 2 heterocycles. The number of tetrazole rings is 1. The van der Waals surface area contributed by atoms with E-state index < -0.39 is 0 Å². The smallest absolute Gasteiger partial charge is 0.248 e. The lowest BCUT2D eigenvalue weighted by molar-refractivity contribution is -0.116. The Morgan fingerprint density at radius 1 is 1.24 bits per heavy atom. The van der Waals surface area contributed by atoms with Crippen molar-refractivity contribution in [3.63, 3.8) is 0 Å². The molecule has 1 N–H and O–H groups in total. The number of nitrogens with one attached hydrogen (secondary N) is 1. The SMILES string of the molecule is O=C1CCCC2=C1[C@@H](c1ccc(Br)cc1)n1nnnc1N2. The number of nitrogens with zero attached hydrogens (tertiary/aromatic N) is 4. The molecule has 0 fully saturated rings. The largest absolute Gasteiger partial charge is 0.326 e. The van der Waals surface area contributed by atoms with Gasteiger partial charge in [-0.2, -0.15) is 4.68 Å². The fourth-order valence-electron chi connectivity index (χ4n) is 2.97. The lowest BCUT2D eigenvalue weighted by Gasteiger charge is -2.31. The number of hydrogen-bond donors (Lipinski definition) is 1. The van der Waals surface area contributed by atoms with Crippen molar-refractivity contribution in [3.8, 4) is 0 Å². The Balaban J connectivity index is 1.91. The van der Waals surface area contributed by atoms with E-state index in [1.807, 2.05) is 24.3 Å². The first-order chi connectivity index (χ1) is 10.2. The highest BCUT2D eigenvalue weighted by Gasteiger charge is 2.36. The highest BCUT2D eigenvalue weighted by atomic mass is 79.9.